The van der Waals surface area contributed by atoms with Crippen LogP contribution in [-0.2, 0) is 13.0 Å². The van der Waals surface area contributed by atoms with Gasteiger partial charge >= 0.3 is 0 Å². The minimum atomic E-state index is -0.0135. The molecule has 0 bridgehead atoms. The molecule has 0 amide bonds. The van der Waals surface area contributed by atoms with Crippen molar-refractivity contribution in [2.75, 3.05) is 12.8 Å². The van der Waals surface area contributed by atoms with Crippen molar-refractivity contribution in [2.24, 2.45) is 4.99 Å². The normalized spacial score (nSPS) is 16.4. The van der Waals surface area contributed by atoms with E-state index < -0.39 is 0 Å². The van der Waals surface area contributed by atoms with Crippen molar-refractivity contribution in [2.45, 2.75) is 25.4 Å². The average Bonchev–Trinajstić information content (AvgIpc) is 2.84. The zero-order valence-corrected chi connectivity index (χ0v) is 15.7. The maximum Gasteiger partial charge on any atom is 0.102 e. The molecule has 0 aliphatic carbocycles. The summed E-state index contributed by atoms with van der Waals surface area (Å²) in [6.45, 7) is 0.854. The molecule has 0 spiro atoms. The quantitative estimate of drug-likeness (QED) is 0.681. The molecule has 1 aliphatic heterocycles. The predicted octanol–water partition coefficient (Wildman–Crippen LogP) is 4.83. The molecule has 1 aliphatic rings. The summed E-state index contributed by atoms with van der Waals surface area (Å²) < 4.78 is 0. The number of fused-ring (bicyclic) bond motifs is 1. The number of hydrogen-bond acceptors (Lipinski definition) is 3. The van der Waals surface area contributed by atoms with Gasteiger partial charge in [-0.05, 0) is 40.8 Å². The first-order valence-corrected chi connectivity index (χ1v) is 9.45. The van der Waals surface area contributed by atoms with Crippen LogP contribution < -0.4 is 5.73 Å². The second kappa shape index (κ2) is 7.67. The second-order valence-electron chi connectivity index (χ2n) is 7.16. The maximum atomic E-state index is 6.12. The smallest absolute Gasteiger partial charge is 0.102 e. The third-order valence-corrected chi connectivity index (χ3v) is 5.19. The molecular weight excluding hydrogens is 330 g/mol. The van der Waals surface area contributed by atoms with Gasteiger partial charge in [-0.3, -0.25) is 4.99 Å². The van der Waals surface area contributed by atoms with Crippen molar-refractivity contribution < 1.29 is 0 Å². The highest BCUT2D eigenvalue weighted by Crippen LogP contribution is 2.33. The van der Waals surface area contributed by atoms with Crippen molar-refractivity contribution in [3.63, 3.8) is 0 Å². The first-order valence-electron chi connectivity index (χ1n) is 9.45. The van der Waals surface area contributed by atoms with E-state index in [0.29, 0.717) is 0 Å². The highest BCUT2D eigenvalue weighted by Gasteiger charge is 2.23. The number of aliphatic imine (C=N–C) groups is 1. The van der Waals surface area contributed by atoms with Crippen LogP contribution in [0.3, 0.4) is 0 Å². The molecule has 4 rings (SSSR count). The van der Waals surface area contributed by atoms with Crippen molar-refractivity contribution in [3.05, 3.63) is 101 Å². The molecule has 27 heavy (non-hydrogen) atoms. The highest BCUT2D eigenvalue weighted by atomic mass is 15.2. The Labute approximate surface area is 161 Å². The number of anilines is 1. The number of nitrogen functional groups attached to an aromatic ring is 1. The fraction of sp³-hybridized carbons (Fsp3) is 0.208. The lowest BCUT2D eigenvalue weighted by atomic mass is 9.94. The van der Waals surface area contributed by atoms with E-state index in [0.717, 1.165) is 30.9 Å². The molecule has 0 fully saturated rings. The Hall–Kier alpha value is -3.07. The largest absolute Gasteiger partial charge is 0.399 e. The summed E-state index contributed by atoms with van der Waals surface area (Å²) in [6.07, 6.45) is 1.91. The Kier molecular flexibility index (Phi) is 4.93. The molecule has 1 unspecified atom stereocenters. The van der Waals surface area contributed by atoms with Gasteiger partial charge in [0.05, 0.1) is 0 Å². The number of nitrogens with zero attached hydrogens (tertiary/aromatic N) is 2. The number of nitrogens with two attached hydrogens (primary N) is 1. The average molecular weight is 355 g/mol. The molecular formula is C24H25N3. The fourth-order valence-electron chi connectivity index (χ4n) is 3.72. The van der Waals surface area contributed by atoms with Crippen molar-refractivity contribution >= 4 is 11.5 Å². The van der Waals surface area contributed by atoms with Gasteiger partial charge in [0.1, 0.15) is 11.9 Å². The SMILES string of the molecule is CN1Cc2ccc(N)cc2C(c2ccccc2)N=C1CCc1ccccc1. The number of rotatable bonds is 4. The molecule has 0 radical (unpaired) electrons. The third kappa shape index (κ3) is 3.87. The molecule has 3 heteroatoms. The van der Waals surface area contributed by atoms with E-state index in [-0.39, 0.29) is 6.04 Å². The predicted molar refractivity (Wildman–Crippen MR) is 113 cm³/mol. The molecule has 3 aromatic rings. The lowest BCUT2D eigenvalue weighted by Gasteiger charge is -2.20. The molecule has 136 valence electrons. The van der Waals surface area contributed by atoms with E-state index in [1.165, 1.54) is 22.3 Å². The van der Waals surface area contributed by atoms with Crippen LogP contribution in [0.1, 0.15) is 34.7 Å². The van der Waals surface area contributed by atoms with Gasteiger partial charge in [0.2, 0.25) is 0 Å². The molecule has 1 heterocycles. The second-order valence-corrected chi connectivity index (χ2v) is 7.16. The highest BCUT2D eigenvalue weighted by molar-refractivity contribution is 5.83. The van der Waals surface area contributed by atoms with Crippen LogP contribution in [-0.4, -0.2) is 17.8 Å². The number of benzene rings is 3. The molecule has 0 saturated carbocycles. The van der Waals surface area contributed by atoms with E-state index in [1.807, 2.05) is 12.1 Å². The summed E-state index contributed by atoms with van der Waals surface area (Å²) in [6, 6.07) is 27.3. The van der Waals surface area contributed by atoms with E-state index in [4.69, 9.17) is 10.7 Å². The fourth-order valence-corrected chi connectivity index (χ4v) is 3.72. The van der Waals surface area contributed by atoms with Gasteiger partial charge in [-0.25, -0.2) is 0 Å². The van der Waals surface area contributed by atoms with Crippen LogP contribution >= 0.6 is 0 Å². The number of amidine groups is 1. The van der Waals surface area contributed by atoms with Gasteiger partial charge in [-0.2, -0.15) is 0 Å². The van der Waals surface area contributed by atoms with Crippen LogP contribution in [0.4, 0.5) is 5.69 Å². The summed E-state index contributed by atoms with van der Waals surface area (Å²) in [4.78, 5) is 7.49. The van der Waals surface area contributed by atoms with E-state index in [9.17, 15) is 0 Å². The standard InChI is InChI=1S/C24H25N3/c1-27-17-20-13-14-21(25)16-22(20)24(19-10-6-3-7-11-19)26-23(27)15-12-18-8-4-2-5-9-18/h2-11,13-14,16,24H,12,15,17,25H2,1H3. The summed E-state index contributed by atoms with van der Waals surface area (Å²) in [5.41, 5.74) is 12.0. The molecule has 1 atom stereocenters. The van der Waals surface area contributed by atoms with Gasteiger partial charge in [0.25, 0.3) is 0 Å². The van der Waals surface area contributed by atoms with Crippen molar-refractivity contribution in [3.8, 4) is 0 Å². The van der Waals surface area contributed by atoms with Gasteiger partial charge < -0.3 is 10.6 Å². The Morgan fingerprint density at radius 3 is 2.37 bits per heavy atom. The number of aryl methyl sites for hydroxylation is 1. The lowest BCUT2D eigenvalue weighted by molar-refractivity contribution is 0.490. The molecule has 3 nitrogen and oxygen atoms in total. The van der Waals surface area contributed by atoms with Gasteiger partial charge in [0.15, 0.2) is 0 Å². The molecule has 3 aromatic carbocycles. The first kappa shape index (κ1) is 17.3. The van der Waals surface area contributed by atoms with Crippen LogP contribution in [0.5, 0.6) is 0 Å². The van der Waals surface area contributed by atoms with Crippen LogP contribution in [0.2, 0.25) is 0 Å². The van der Waals surface area contributed by atoms with Crippen LogP contribution in [0.25, 0.3) is 0 Å². The van der Waals surface area contributed by atoms with Crippen molar-refractivity contribution in [1.29, 1.82) is 0 Å². The minimum absolute atomic E-state index is 0.0135. The topological polar surface area (TPSA) is 41.6 Å². The summed E-state index contributed by atoms with van der Waals surface area (Å²) in [5.74, 6) is 1.14. The first-order chi connectivity index (χ1) is 13.2. The van der Waals surface area contributed by atoms with E-state index >= 15 is 0 Å². The Morgan fingerprint density at radius 1 is 0.926 bits per heavy atom. The lowest BCUT2D eigenvalue weighted by Crippen LogP contribution is -2.26. The third-order valence-electron chi connectivity index (χ3n) is 5.19. The van der Waals surface area contributed by atoms with Crippen molar-refractivity contribution in [1.82, 2.24) is 4.90 Å². The maximum absolute atomic E-state index is 6.12. The van der Waals surface area contributed by atoms with Gasteiger partial charge in [0, 0.05) is 25.7 Å². The summed E-state index contributed by atoms with van der Waals surface area (Å²) in [7, 11) is 2.14. The molecule has 0 aromatic heterocycles. The minimum Gasteiger partial charge on any atom is -0.399 e. The monoisotopic (exact) mass is 355 g/mol. The van der Waals surface area contributed by atoms with Crippen LogP contribution in [0.15, 0.2) is 83.9 Å². The summed E-state index contributed by atoms with van der Waals surface area (Å²) >= 11 is 0. The number of hydrogen-bond donors (Lipinski definition) is 1. The Bertz CT molecular complexity index is 932. The van der Waals surface area contributed by atoms with E-state index in [1.54, 1.807) is 0 Å². The zero-order valence-electron chi connectivity index (χ0n) is 15.7. The summed E-state index contributed by atoms with van der Waals surface area (Å²) in [5, 5.41) is 0. The molecule has 0 saturated heterocycles. The Balaban J connectivity index is 1.71. The Morgan fingerprint density at radius 2 is 1.63 bits per heavy atom. The molecule has 2 N–H and O–H groups in total. The van der Waals surface area contributed by atoms with Gasteiger partial charge in [-0.1, -0.05) is 66.7 Å². The van der Waals surface area contributed by atoms with E-state index in [2.05, 4.69) is 78.7 Å². The van der Waals surface area contributed by atoms with Crippen LogP contribution in [0, 0.1) is 0 Å². The zero-order chi connectivity index (χ0) is 18.6. The van der Waals surface area contributed by atoms with Gasteiger partial charge in [-0.15, -0.1) is 0 Å².